The molecule has 1 atom stereocenters. The number of aliphatic imine (C=N–C) groups is 1. The Labute approximate surface area is 215 Å². The minimum atomic E-state index is 0. The summed E-state index contributed by atoms with van der Waals surface area (Å²) >= 11 is 0. The number of halogens is 1. The predicted molar refractivity (Wildman–Crippen MR) is 146 cm³/mol. The van der Waals surface area contributed by atoms with Crippen LogP contribution in [0, 0.1) is 13.8 Å². The number of rotatable bonds is 4. The Kier molecular flexibility index (Phi) is 9.34. The number of nitrogens with zero attached hydrogens (tertiary/aromatic N) is 5. The van der Waals surface area contributed by atoms with Crippen LogP contribution in [0.3, 0.4) is 0 Å². The number of piperazine rings is 1. The van der Waals surface area contributed by atoms with Crippen molar-refractivity contribution in [3.05, 3.63) is 58.8 Å². The van der Waals surface area contributed by atoms with E-state index in [1.54, 1.807) is 0 Å². The van der Waals surface area contributed by atoms with E-state index in [1.807, 2.05) is 19.3 Å². The zero-order valence-corrected chi connectivity index (χ0v) is 22.6. The van der Waals surface area contributed by atoms with Crippen molar-refractivity contribution < 1.29 is 4.74 Å². The smallest absolute Gasteiger partial charge is 0.194 e. The van der Waals surface area contributed by atoms with Gasteiger partial charge in [0.1, 0.15) is 11.9 Å². The average Bonchev–Trinajstić information content (AvgIpc) is 2.80. The number of aryl methyl sites for hydroxylation is 2. The normalized spacial score (nSPS) is 19.9. The molecule has 2 aromatic rings. The van der Waals surface area contributed by atoms with Gasteiger partial charge >= 0.3 is 0 Å². The van der Waals surface area contributed by atoms with Crippen LogP contribution in [0.2, 0.25) is 0 Å². The second kappa shape index (κ2) is 12.0. The van der Waals surface area contributed by atoms with Crippen molar-refractivity contribution in [2.75, 3.05) is 64.9 Å². The summed E-state index contributed by atoms with van der Waals surface area (Å²) in [5.74, 6) is 2.00. The van der Waals surface area contributed by atoms with Gasteiger partial charge in [-0.1, -0.05) is 29.8 Å². The number of aromatic nitrogens is 1. The molecule has 180 valence electrons. The summed E-state index contributed by atoms with van der Waals surface area (Å²) in [7, 11) is 4.03. The molecule has 2 aliphatic rings. The van der Waals surface area contributed by atoms with Crippen molar-refractivity contribution in [1.82, 2.24) is 20.1 Å². The van der Waals surface area contributed by atoms with Gasteiger partial charge in [-0.15, -0.1) is 24.0 Å². The zero-order chi connectivity index (χ0) is 22.5. The predicted octanol–water partition coefficient (Wildman–Crippen LogP) is 3.22. The Hall–Kier alpha value is -1.91. The first kappa shape index (κ1) is 25.7. The summed E-state index contributed by atoms with van der Waals surface area (Å²) in [4.78, 5) is 16.3. The second-order valence-corrected chi connectivity index (χ2v) is 8.84. The molecular formula is C25H37IN6O. The number of hydrogen-bond donors (Lipinski definition) is 1. The molecule has 1 N–H and O–H groups in total. The number of ether oxygens (including phenoxy) is 1. The van der Waals surface area contributed by atoms with E-state index in [2.05, 4.69) is 70.2 Å². The molecule has 0 amide bonds. The van der Waals surface area contributed by atoms with Crippen molar-refractivity contribution in [2.45, 2.75) is 26.5 Å². The molecule has 4 rings (SSSR count). The summed E-state index contributed by atoms with van der Waals surface area (Å²) in [6.07, 6.45) is 1.95. The third kappa shape index (κ3) is 6.36. The lowest BCUT2D eigenvalue weighted by Gasteiger charge is -2.36. The number of nitrogens with one attached hydrogen (secondary N) is 1. The van der Waals surface area contributed by atoms with Crippen LogP contribution in [0.4, 0.5) is 5.82 Å². The number of likely N-dealkylation sites (N-methyl/N-ethyl adjacent to an activating group) is 1. The molecule has 0 aliphatic carbocycles. The fraction of sp³-hybridized carbons (Fsp3) is 0.520. The highest BCUT2D eigenvalue weighted by Crippen LogP contribution is 2.26. The monoisotopic (exact) mass is 564 g/mol. The number of pyridine rings is 1. The Bertz CT molecular complexity index is 944. The van der Waals surface area contributed by atoms with E-state index >= 15 is 0 Å². The molecule has 2 saturated heterocycles. The van der Waals surface area contributed by atoms with Gasteiger partial charge in [0.05, 0.1) is 13.2 Å². The standard InChI is InChI=1S/C25H36N6O.HI/c1-19-7-8-22(20(2)16-19)23-18-31(14-15-32-23)25(26-3)28-17-21-6-5-9-27-24(21)30-12-10-29(4)11-13-30;/h5-9,16,23H,10-15,17-18H2,1-4H3,(H,26,28);1H. The Morgan fingerprint density at radius 3 is 2.67 bits per heavy atom. The molecule has 8 heteroatoms. The van der Waals surface area contributed by atoms with E-state index in [1.165, 1.54) is 22.3 Å². The van der Waals surface area contributed by atoms with Gasteiger partial charge in [0.15, 0.2) is 5.96 Å². The first-order valence-electron chi connectivity index (χ1n) is 11.6. The largest absolute Gasteiger partial charge is 0.370 e. The molecule has 3 heterocycles. The highest BCUT2D eigenvalue weighted by molar-refractivity contribution is 14.0. The van der Waals surface area contributed by atoms with Gasteiger partial charge in [-0.3, -0.25) is 4.99 Å². The van der Waals surface area contributed by atoms with Crippen LogP contribution in [-0.2, 0) is 11.3 Å². The van der Waals surface area contributed by atoms with E-state index in [-0.39, 0.29) is 30.1 Å². The lowest BCUT2D eigenvalue weighted by molar-refractivity contribution is -0.00834. The summed E-state index contributed by atoms with van der Waals surface area (Å²) in [5.41, 5.74) is 5.04. The van der Waals surface area contributed by atoms with Gasteiger partial charge < -0.3 is 24.8 Å². The lowest BCUT2D eigenvalue weighted by atomic mass is 10.00. The van der Waals surface area contributed by atoms with Crippen molar-refractivity contribution in [3.8, 4) is 0 Å². The van der Waals surface area contributed by atoms with Gasteiger partial charge in [0, 0.05) is 58.1 Å². The number of anilines is 1. The third-order valence-electron chi connectivity index (χ3n) is 6.46. The van der Waals surface area contributed by atoms with Gasteiger partial charge in [-0.2, -0.15) is 0 Å². The molecular weight excluding hydrogens is 527 g/mol. The maximum Gasteiger partial charge on any atom is 0.194 e. The number of benzene rings is 1. The zero-order valence-electron chi connectivity index (χ0n) is 20.3. The van der Waals surface area contributed by atoms with E-state index < -0.39 is 0 Å². The number of hydrogen-bond acceptors (Lipinski definition) is 5. The van der Waals surface area contributed by atoms with Crippen molar-refractivity contribution in [3.63, 3.8) is 0 Å². The maximum absolute atomic E-state index is 6.13. The van der Waals surface area contributed by atoms with Gasteiger partial charge in [0.25, 0.3) is 0 Å². The SMILES string of the molecule is CN=C(NCc1cccnc1N1CCN(C)CC1)N1CCOC(c2ccc(C)cc2C)C1.I. The summed E-state index contributed by atoms with van der Waals surface area (Å²) < 4.78 is 6.13. The van der Waals surface area contributed by atoms with Crippen molar-refractivity contribution in [2.24, 2.45) is 4.99 Å². The Morgan fingerprint density at radius 2 is 1.94 bits per heavy atom. The fourth-order valence-corrected chi connectivity index (χ4v) is 4.59. The van der Waals surface area contributed by atoms with Crippen LogP contribution in [0.15, 0.2) is 41.5 Å². The van der Waals surface area contributed by atoms with Crippen molar-refractivity contribution >= 4 is 35.8 Å². The topological polar surface area (TPSA) is 56.2 Å². The summed E-state index contributed by atoms with van der Waals surface area (Å²) in [6.45, 7) is 11.5. The highest BCUT2D eigenvalue weighted by atomic mass is 127. The van der Waals surface area contributed by atoms with Crippen LogP contribution in [0.1, 0.15) is 28.4 Å². The average molecular weight is 565 g/mol. The molecule has 2 fully saturated rings. The molecule has 2 aliphatic heterocycles. The first-order valence-corrected chi connectivity index (χ1v) is 11.6. The van der Waals surface area contributed by atoms with Gasteiger partial charge in [-0.05, 0) is 38.1 Å². The summed E-state index contributed by atoms with van der Waals surface area (Å²) in [5, 5.41) is 3.58. The number of guanidine groups is 1. The fourth-order valence-electron chi connectivity index (χ4n) is 4.59. The van der Waals surface area contributed by atoms with E-state index in [4.69, 9.17) is 9.72 Å². The third-order valence-corrected chi connectivity index (χ3v) is 6.46. The minimum Gasteiger partial charge on any atom is -0.370 e. The van der Waals surface area contributed by atoms with E-state index in [0.717, 1.165) is 51.0 Å². The minimum absolute atomic E-state index is 0. The second-order valence-electron chi connectivity index (χ2n) is 8.84. The Morgan fingerprint density at radius 1 is 1.15 bits per heavy atom. The molecule has 1 aromatic heterocycles. The Balaban J connectivity index is 0.00000306. The van der Waals surface area contributed by atoms with Crippen LogP contribution in [0.25, 0.3) is 0 Å². The van der Waals surface area contributed by atoms with Crippen LogP contribution in [0.5, 0.6) is 0 Å². The highest BCUT2D eigenvalue weighted by Gasteiger charge is 2.25. The van der Waals surface area contributed by atoms with Crippen molar-refractivity contribution in [1.29, 1.82) is 0 Å². The van der Waals surface area contributed by atoms with E-state index in [0.29, 0.717) is 13.2 Å². The quantitative estimate of drug-likeness (QED) is 0.350. The molecule has 0 spiro atoms. The number of morpholine rings is 1. The van der Waals surface area contributed by atoms with Crippen LogP contribution < -0.4 is 10.2 Å². The van der Waals surface area contributed by atoms with Gasteiger partial charge in [-0.25, -0.2) is 4.98 Å². The molecule has 7 nitrogen and oxygen atoms in total. The molecule has 0 bridgehead atoms. The molecule has 0 saturated carbocycles. The van der Waals surface area contributed by atoms with Gasteiger partial charge in [0.2, 0.25) is 0 Å². The van der Waals surface area contributed by atoms with Crippen LogP contribution >= 0.6 is 24.0 Å². The molecule has 0 radical (unpaired) electrons. The molecule has 1 aromatic carbocycles. The van der Waals surface area contributed by atoms with E-state index in [9.17, 15) is 0 Å². The summed E-state index contributed by atoms with van der Waals surface area (Å²) in [6, 6.07) is 10.8. The molecule has 33 heavy (non-hydrogen) atoms. The maximum atomic E-state index is 6.13. The first-order chi connectivity index (χ1) is 15.5. The lowest BCUT2D eigenvalue weighted by Crippen LogP contribution is -2.48. The van der Waals surface area contributed by atoms with Crippen LogP contribution in [-0.4, -0.2) is 80.7 Å². The molecule has 1 unspecified atom stereocenters.